The normalized spacial score (nSPS) is 12.5. The van der Waals surface area contributed by atoms with Crippen LogP contribution in [-0.2, 0) is 6.42 Å². The number of nitrogens with two attached hydrogens (primary N) is 1. The van der Waals surface area contributed by atoms with E-state index in [4.69, 9.17) is 5.73 Å². The molecule has 0 radical (unpaired) electrons. The molecule has 5 heteroatoms. The van der Waals surface area contributed by atoms with Gasteiger partial charge in [-0.2, -0.15) is 0 Å². The first-order valence-electron chi connectivity index (χ1n) is 5.62. The van der Waals surface area contributed by atoms with Crippen molar-refractivity contribution >= 4 is 54.5 Å². The van der Waals surface area contributed by atoms with Crippen LogP contribution >= 0.6 is 54.5 Å². The Kier molecular flexibility index (Phi) is 5.39. The van der Waals surface area contributed by atoms with E-state index in [-0.39, 0.29) is 11.9 Å². The van der Waals surface area contributed by atoms with E-state index in [1.807, 2.05) is 18.2 Å². The molecule has 100 valence electrons. The van der Waals surface area contributed by atoms with Crippen molar-refractivity contribution in [2.24, 2.45) is 5.73 Å². The van der Waals surface area contributed by atoms with Crippen molar-refractivity contribution in [3.8, 4) is 0 Å². The molecule has 0 saturated heterocycles. The second-order valence-corrected chi connectivity index (χ2v) is 7.16. The molecule has 0 aromatic heterocycles. The van der Waals surface area contributed by atoms with Gasteiger partial charge >= 0.3 is 0 Å². The fraction of sp³-hybridized carbons (Fsp3) is 0.143. The molecule has 2 aromatic rings. The van der Waals surface area contributed by atoms with Gasteiger partial charge in [-0.1, -0.05) is 22.0 Å². The Hall–Kier alpha value is 0.0200. The van der Waals surface area contributed by atoms with Crippen molar-refractivity contribution in [2.75, 3.05) is 0 Å². The molecule has 2 aromatic carbocycles. The second kappa shape index (κ2) is 6.65. The molecule has 0 aliphatic rings. The Bertz CT molecular complexity index is 604. The summed E-state index contributed by atoms with van der Waals surface area (Å²) in [7, 11) is 0. The lowest BCUT2D eigenvalue weighted by Crippen LogP contribution is -2.14. The number of hydrogen-bond acceptors (Lipinski definition) is 1. The van der Waals surface area contributed by atoms with Gasteiger partial charge in [0.1, 0.15) is 5.82 Å². The molecule has 0 aliphatic carbocycles. The van der Waals surface area contributed by atoms with Crippen LogP contribution in [0.1, 0.15) is 17.2 Å². The summed E-state index contributed by atoms with van der Waals surface area (Å²) in [4.78, 5) is 0. The first-order chi connectivity index (χ1) is 8.97. The summed E-state index contributed by atoms with van der Waals surface area (Å²) >= 11 is 8.93. The maximum Gasteiger partial charge on any atom is 0.137 e. The van der Waals surface area contributed by atoms with Gasteiger partial charge in [-0.3, -0.25) is 0 Å². The molecule has 19 heavy (non-hydrogen) atoms. The predicted molar refractivity (Wildman–Crippen MR) is 91.6 cm³/mol. The van der Waals surface area contributed by atoms with Crippen LogP contribution in [-0.4, -0.2) is 0 Å². The van der Waals surface area contributed by atoms with Crippen LogP contribution in [0.5, 0.6) is 0 Å². The van der Waals surface area contributed by atoms with E-state index in [1.54, 1.807) is 12.1 Å². The number of halogens is 4. The molecule has 1 nitrogen and oxygen atoms in total. The van der Waals surface area contributed by atoms with Crippen LogP contribution in [0.25, 0.3) is 0 Å². The Morgan fingerprint density at radius 2 is 1.89 bits per heavy atom. The van der Waals surface area contributed by atoms with Crippen molar-refractivity contribution in [3.05, 3.63) is 65.9 Å². The van der Waals surface area contributed by atoms with E-state index in [0.717, 1.165) is 19.2 Å². The third-order valence-corrected chi connectivity index (χ3v) is 4.88. The van der Waals surface area contributed by atoms with E-state index < -0.39 is 0 Å². The lowest BCUT2D eigenvalue weighted by atomic mass is 10.00. The SMILES string of the molecule is NC(Cc1ccc(F)c(Br)c1)c1cc(Br)ccc1I. The highest BCUT2D eigenvalue weighted by atomic mass is 127. The molecular weight excluding hydrogens is 488 g/mol. The quantitative estimate of drug-likeness (QED) is 0.579. The zero-order valence-electron chi connectivity index (χ0n) is 9.84. The Balaban J connectivity index is 2.22. The van der Waals surface area contributed by atoms with E-state index in [0.29, 0.717) is 10.9 Å². The molecule has 0 aliphatic heterocycles. The van der Waals surface area contributed by atoms with Gasteiger partial charge in [0.25, 0.3) is 0 Å². The van der Waals surface area contributed by atoms with Gasteiger partial charge in [0.2, 0.25) is 0 Å². The predicted octanol–water partition coefficient (Wildman–Crippen LogP) is 5.20. The first-order valence-corrected chi connectivity index (χ1v) is 8.28. The summed E-state index contributed by atoms with van der Waals surface area (Å²) in [5.74, 6) is -0.255. The molecule has 1 unspecified atom stereocenters. The topological polar surface area (TPSA) is 26.0 Å². The summed E-state index contributed by atoms with van der Waals surface area (Å²) in [5, 5.41) is 0. The fourth-order valence-corrected chi connectivity index (χ4v) is 3.37. The van der Waals surface area contributed by atoms with Gasteiger partial charge in [-0.05, 0) is 86.4 Å². The van der Waals surface area contributed by atoms with Crippen molar-refractivity contribution < 1.29 is 4.39 Å². The van der Waals surface area contributed by atoms with Gasteiger partial charge < -0.3 is 5.73 Å². The van der Waals surface area contributed by atoms with Gasteiger partial charge in [0.15, 0.2) is 0 Å². The summed E-state index contributed by atoms with van der Waals surface area (Å²) in [6.45, 7) is 0. The second-order valence-electron chi connectivity index (χ2n) is 4.22. The van der Waals surface area contributed by atoms with Gasteiger partial charge in [0, 0.05) is 14.1 Å². The van der Waals surface area contributed by atoms with Crippen molar-refractivity contribution in [1.29, 1.82) is 0 Å². The molecule has 0 heterocycles. The van der Waals surface area contributed by atoms with Crippen LogP contribution in [0.2, 0.25) is 0 Å². The molecule has 0 fully saturated rings. The zero-order valence-corrected chi connectivity index (χ0v) is 15.2. The highest BCUT2D eigenvalue weighted by Crippen LogP contribution is 2.26. The Morgan fingerprint density at radius 1 is 1.16 bits per heavy atom. The fourth-order valence-electron chi connectivity index (χ4n) is 1.83. The third-order valence-electron chi connectivity index (χ3n) is 2.80. The summed E-state index contributed by atoms with van der Waals surface area (Å²) < 4.78 is 15.8. The maximum atomic E-state index is 13.2. The summed E-state index contributed by atoms with van der Waals surface area (Å²) in [5.41, 5.74) is 8.35. The molecule has 0 amide bonds. The smallest absolute Gasteiger partial charge is 0.137 e. The lowest BCUT2D eigenvalue weighted by Gasteiger charge is -2.15. The van der Waals surface area contributed by atoms with Gasteiger partial charge in [0.05, 0.1) is 4.47 Å². The first kappa shape index (κ1) is 15.4. The molecule has 0 bridgehead atoms. The van der Waals surface area contributed by atoms with Crippen LogP contribution in [0, 0.1) is 9.39 Å². The highest BCUT2D eigenvalue weighted by Gasteiger charge is 2.12. The lowest BCUT2D eigenvalue weighted by molar-refractivity contribution is 0.618. The van der Waals surface area contributed by atoms with Crippen LogP contribution in [0.4, 0.5) is 4.39 Å². The minimum Gasteiger partial charge on any atom is -0.324 e. The largest absolute Gasteiger partial charge is 0.324 e. The Morgan fingerprint density at radius 3 is 2.58 bits per heavy atom. The summed E-state index contributed by atoms with van der Waals surface area (Å²) in [6.07, 6.45) is 0.672. The molecular formula is C14H11Br2FIN. The molecule has 1 atom stereocenters. The summed E-state index contributed by atoms with van der Waals surface area (Å²) in [6, 6.07) is 10.9. The van der Waals surface area contributed by atoms with Crippen LogP contribution < -0.4 is 5.73 Å². The monoisotopic (exact) mass is 497 g/mol. The zero-order chi connectivity index (χ0) is 14.0. The average Bonchev–Trinajstić information content (AvgIpc) is 2.36. The van der Waals surface area contributed by atoms with Crippen LogP contribution in [0.3, 0.4) is 0 Å². The van der Waals surface area contributed by atoms with Crippen LogP contribution in [0.15, 0.2) is 45.3 Å². The number of hydrogen-bond donors (Lipinski definition) is 1. The number of rotatable bonds is 3. The van der Waals surface area contributed by atoms with E-state index in [1.165, 1.54) is 6.07 Å². The van der Waals surface area contributed by atoms with Crippen molar-refractivity contribution in [2.45, 2.75) is 12.5 Å². The molecule has 0 spiro atoms. The van der Waals surface area contributed by atoms with Gasteiger partial charge in [-0.15, -0.1) is 0 Å². The van der Waals surface area contributed by atoms with Crippen molar-refractivity contribution in [1.82, 2.24) is 0 Å². The van der Waals surface area contributed by atoms with Crippen molar-refractivity contribution in [3.63, 3.8) is 0 Å². The maximum absolute atomic E-state index is 13.2. The molecule has 0 saturated carbocycles. The Labute approximate surface area is 142 Å². The van der Waals surface area contributed by atoms with E-state index in [2.05, 4.69) is 54.5 Å². The number of benzene rings is 2. The highest BCUT2D eigenvalue weighted by molar-refractivity contribution is 14.1. The average molecular weight is 499 g/mol. The molecule has 2 rings (SSSR count). The standard InChI is InChI=1S/C14H11Br2FIN/c15-9-2-4-13(18)10(7-9)14(19)6-8-1-3-12(17)11(16)5-8/h1-5,7,14H,6,19H2. The van der Waals surface area contributed by atoms with E-state index in [9.17, 15) is 4.39 Å². The third kappa shape index (κ3) is 4.00. The van der Waals surface area contributed by atoms with Gasteiger partial charge in [-0.25, -0.2) is 4.39 Å². The minimum absolute atomic E-state index is 0.109. The molecule has 2 N–H and O–H groups in total. The van der Waals surface area contributed by atoms with E-state index >= 15 is 0 Å². The minimum atomic E-state index is -0.255.